The first-order valence-electron chi connectivity index (χ1n) is 18.0. The van der Waals surface area contributed by atoms with Gasteiger partial charge in [-0.2, -0.15) is 4.98 Å². The van der Waals surface area contributed by atoms with Crippen molar-refractivity contribution in [3.8, 4) is 11.4 Å². The lowest BCUT2D eigenvalue weighted by Gasteiger charge is -2.21. The lowest BCUT2D eigenvalue weighted by Crippen LogP contribution is -2.33. The van der Waals surface area contributed by atoms with E-state index >= 15 is 0 Å². The van der Waals surface area contributed by atoms with Crippen molar-refractivity contribution in [3.05, 3.63) is 87.6 Å². The highest BCUT2D eigenvalue weighted by Gasteiger charge is 2.31. The third kappa shape index (κ3) is 14.8. The van der Waals surface area contributed by atoms with Crippen molar-refractivity contribution in [2.45, 2.75) is 97.4 Å². The lowest BCUT2D eigenvalue weighted by atomic mass is 9.85. The highest BCUT2D eigenvalue weighted by Crippen LogP contribution is 2.31. The Morgan fingerprint density at radius 1 is 0.925 bits per heavy atom. The Balaban J connectivity index is 0.000000324. The molecule has 0 fully saturated rings. The summed E-state index contributed by atoms with van der Waals surface area (Å²) < 4.78 is 54.8. The molecule has 0 aliphatic carbocycles. The summed E-state index contributed by atoms with van der Waals surface area (Å²) in [7, 11) is 0. The van der Waals surface area contributed by atoms with Crippen molar-refractivity contribution in [3.63, 3.8) is 0 Å². The standard InChI is InChI=1S/C24H34FN7O.C15H22F3NO/c1-24(2,3)20-14-18-16-32(23(33)31-21(18)30-20)19-8-6-17(7-9-19)15-27-11-5-13-29-22(26)28-12-4-10-25;1-14(2,3)12-8-11(6-4-5-7-19)9-13(10-12)20-15(16,17)18/h6-9,14,16,27H,4-5,10-13,15H2,1-3H3,(H3,26,28,29)(H,30,31,33);8-10H,4-7,19H2,1-3H3. The predicted octanol–water partition coefficient (Wildman–Crippen LogP) is 6.92. The molecule has 0 atom stereocenters. The van der Waals surface area contributed by atoms with E-state index in [1.165, 1.54) is 12.1 Å². The molecule has 0 saturated carbocycles. The van der Waals surface area contributed by atoms with Crippen LogP contribution in [0, 0.1) is 0 Å². The molecule has 0 aliphatic heterocycles. The number of guanidine groups is 1. The molecule has 0 saturated heterocycles. The van der Waals surface area contributed by atoms with Gasteiger partial charge >= 0.3 is 12.1 Å². The van der Waals surface area contributed by atoms with Crippen LogP contribution in [0.2, 0.25) is 0 Å². The maximum absolute atomic E-state index is 12.6. The molecule has 0 radical (unpaired) electrons. The number of nitrogens with two attached hydrogens (primary N) is 2. The molecule has 2 aromatic carbocycles. The zero-order chi connectivity index (χ0) is 39.2. The number of ether oxygens (including phenoxy) is 1. The van der Waals surface area contributed by atoms with Crippen LogP contribution >= 0.6 is 0 Å². The number of aliphatic imine (C=N–C) groups is 1. The third-order valence-electron chi connectivity index (χ3n) is 8.26. The minimum Gasteiger partial charge on any atom is -0.406 e. The first-order chi connectivity index (χ1) is 24.9. The van der Waals surface area contributed by atoms with E-state index in [2.05, 4.69) is 57.2 Å². The molecule has 10 nitrogen and oxygen atoms in total. The van der Waals surface area contributed by atoms with E-state index in [1.54, 1.807) is 4.57 Å². The first-order valence-corrected chi connectivity index (χ1v) is 18.0. The Kier molecular flexibility index (Phi) is 15.9. The first kappa shape index (κ1) is 43.0. The smallest absolute Gasteiger partial charge is 0.406 e. The molecule has 0 spiro atoms. The van der Waals surface area contributed by atoms with Gasteiger partial charge in [-0.05, 0) is 97.6 Å². The van der Waals surface area contributed by atoms with E-state index < -0.39 is 6.36 Å². The Morgan fingerprint density at radius 2 is 1.64 bits per heavy atom. The lowest BCUT2D eigenvalue weighted by molar-refractivity contribution is -0.274. The van der Waals surface area contributed by atoms with Gasteiger partial charge in [0.25, 0.3) is 0 Å². The van der Waals surface area contributed by atoms with E-state index in [4.69, 9.17) is 11.5 Å². The number of nitrogens with one attached hydrogen (secondary N) is 3. The Bertz CT molecular complexity index is 1800. The largest absolute Gasteiger partial charge is 0.573 e. The van der Waals surface area contributed by atoms with Crippen LogP contribution in [-0.4, -0.2) is 59.7 Å². The number of fused-ring (bicyclic) bond motifs is 1. The fourth-order valence-corrected chi connectivity index (χ4v) is 5.24. The summed E-state index contributed by atoms with van der Waals surface area (Å²) in [6.45, 7) is 15.1. The number of H-pyrrole nitrogens is 1. The van der Waals surface area contributed by atoms with Crippen LogP contribution in [0.25, 0.3) is 16.7 Å². The highest BCUT2D eigenvalue weighted by molar-refractivity contribution is 5.77. The molecule has 7 N–H and O–H groups in total. The molecule has 14 heteroatoms. The van der Waals surface area contributed by atoms with E-state index in [9.17, 15) is 22.4 Å². The average Bonchev–Trinajstić information content (AvgIpc) is 3.49. The minimum atomic E-state index is -4.66. The van der Waals surface area contributed by atoms with Gasteiger partial charge in [0.2, 0.25) is 0 Å². The number of alkyl halides is 4. The van der Waals surface area contributed by atoms with E-state index in [0.29, 0.717) is 44.1 Å². The molecule has 0 aliphatic rings. The Hall–Kier alpha value is -4.43. The van der Waals surface area contributed by atoms with Crippen molar-refractivity contribution in [1.29, 1.82) is 0 Å². The SMILES string of the molecule is CC(C)(C)c1cc(CCCCN)cc(OC(F)(F)F)c1.CC(C)(C)c1cc2cn(-c3ccc(CNCCCNC(N)=NCCCF)cc3)c(=O)nc2[nH]1. The summed E-state index contributed by atoms with van der Waals surface area (Å²) in [5.74, 6) is 0.212. The molecule has 4 rings (SSSR count). The second-order valence-corrected chi connectivity index (χ2v) is 15.0. The quantitative estimate of drug-likeness (QED) is 0.0384. The van der Waals surface area contributed by atoms with Gasteiger partial charge in [-0.3, -0.25) is 13.9 Å². The third-order valence-corrected chi connectivity index (χ3v) is 8.26. The van der Waals surface area contributed by atoms with Crippen LogP contribution in [-0.2, 0) is 23.8 Å². The van der Waals surface area contributed by atoms with Crippen molar-refractivity contribution in [2.75, 3.05) is 32.9 Å². The number of halogens is 4. The maximum atomic E-state index is 12.6. The number of hydrogen-bond donors (Lipinski definition) is 5. The second kappa shape index (κ2) is 19.6. The van der Waals surface area contributed by atoms with Crippen LogP contribution < -0.4 is 32.5 Å². The Labute approximate surface area is 309 Å². The minimum absolute atomic E-state index is 0.0460. The summed E-state index contributed by atoms with van der Waals surface area (Å²) >= 11 is 0. The van der Waals surface area contributed by atoms with Gasteiger partial charge in [0.1, 0.15) is 11.4 Å². The molecule has 2 heterocycles. The van der Waals surface area contributed by atoms with Gasteiger partial charge in [0, 0.05) is 42.3 Å². The normalized spacial score (nSPS) is 12.5. The summed E-state index contributed by atoms with van der Waals surface area (Å²) in [6.07, 6.45) is 0.868. The number of benzene rings is 2. The van der Waals surface area contributed by atoms with Crippen LogP contribution in [0.4, 0.5) is 17.6 Å². The molecular formula is C39H56F4N8O2. The van der Waals surface area contributed by atoms with Crippen molar-refractivity contribution < 1.29 is 22.3 Å². The van der Waals surface area contributed by atoms with E-state index in [-0.39, 0.29) is 28.9 Å². The summed E-state index contributed by atoms with van der Waals surface area (Å²) in [5.41, 5.74) is 15.8. The molecule has 2 aromatic heterocycles. The zero-order valence-corrected chi connectivity index (χ0v) is 31.8. The number of aromatic amines is 1. The number of rotatable bonds is 15. The number of unbranched alkanes of at least 4 members (excludes halogenated alkanes) is 1. The van der Waals surface area contributed by atoms with Crippen LogP contribution in [0.3, 0.4) is 0 Å². The predicted molar refractivity (Wildman–Crippen MR) is 206 cm³/mol. The second-order valence-electron chi connectivity index (χ2n) is 15.0. The van der Waals surface area contributed by atoms with E-state index in [1.807, 2.05) is 57.3 Å². The molecule has 292 valence electrons. The van der Waals surface area contributed by atoms with Gasteiger partial charge in [0.05, 0.1) is 12.4 Å². The summed E-state index contributed by atoms with van der Waals surface area (Å²) in [5, 5.41) is 7.31. The number of nitrogens with zero attached hydrogens (tertiary/aromatic N) is 3. The molecular weight excluding hydrogens is 688 g/mol. The van der Waals surface area contributed by atoms with Gasteiger partial charge < -0.3 is 31.8 Å². The monoisotopic (exact) mass is 744 g/mol. The van der Waals surface area contributed by atoms with Crippen molar-refractivity contribution in [1.82, 2.24) is 25.2 Å². The fraction of sp³-hybridized carbons (Fsp3) is 0.513. The van der Waals surface area contributed by atoms with Crippen LogP contribution in [0.5, 0.6) is 5.75 Å². The van der Waals surface area contributed by atoms with Crippen LogP contribution in [0.15, 0.2) is 64.5 Å². The van der Waals surface area contributed by atoms with E-state index in [0.717, 1.165) is 65.8 Å². The van der Waals surface area contributed by atoms with Gasteiger partial charge in [-0.1, -0.05) is 59.7 Å². The molecule has 53 heavy (non-hydrogen) atoms. The van der Waals surface area contributed by atoms with Gasteiger partial charge in [0.15, 0.2) is 5.96 Å². The molecule has 0 amide bonds. The zero-order valence-electron chi connectivity index (χ0n) is 31.8. The van der Waals surface area contributed by atoms with Crippen molar-refractivity contribution in [2.24, 2.45) is 16.5 Å². The topological polar surface area (TPSA) is 148 Å². The average molecular weight is 745 g/mol. The number of aromatic nitrogens is 3. The van der Waals surface area contributed by atoms with Crippen LogP contribution in [0.1, 0.15) is 89.6 Å². The van der Waals surface area contributed by atoms with Crippen molar-refractivity contribution >= 4 is 17.0 Å². The number of hydrogen-bond acceptors (Lipinski definition) is 6. The molecule has 4 aromatic rings. The van der Waals surface area contributed by atoms with Gasteiger partial charge in [-0.25, -0.2) is 4.79 Å². The maximum Gasteiger partial charge on any atom is 0.573 e. The number of aryl methyl sites for hydroxylation is 1. The molecule has 0 unspecified atom stereocenters. The van der Waals surface area contributed by atoms with Gasteiger partial charge in [-0.15, -0.1) is 13.2 Å². The summed E-state index contributed by atoms with van der Waals surface area (Å²) in [4.78, 5) is 24.1. The summed E-state index contributed by atoms with van der Waals surface area (Å²) in [6, 6.07) is 14.8. The fourth-order valence-electron chi connectivity index (χ4n) is 5.24. The Morgan fingerprint density at radius 3 is 2.26 bits per heavy atom. The highest BCUT2D eigenvalue weighted by atomic mass is 19.4. The molecule has 0 bridgehead atoms.